The van der Waals surface area contributed by atoms with Crippen molar-refractivity contribution in [3.8, 4) is 5.75 Å². The Bertz CT molecular complexity index is 581. The van der Waals surface area contributed by atoms with Crippen LogP contribution in [0.25, 0.3) is 0 Å². The van der Waals surface area contributed by atoms with E-state index >= 15 is 0 Å². The van der Waals surface area contributed by atoms with E-state index in [0.29, 0.717) is 0 Å². The summed E-state index contributed by atoms with van der Waals surface area (Å²) in [5, 5.41) is 0. The Balaban J connectivity index is 2.08. The fourth-order valence-corrected chi connectivity index (χ4v) is 2.39. The Morgan fingerprint density at radius 2 is 1.90 bits per heavy atom. The van der Waals surface area contributed by atoms with Gasteiger partial charge in [-0.25, -0.2) is 0 Å². The zero-order valence-electron chi connectivity index (χ0n) is 12.4. The number of nitrogen functional groups attached to an aromatic ring is 1. The SMILES string of the molecule is COc1ccc(N)cc1CN(C)Cc1cccc(C)c1. The van der Waals surface area contributed by atoms with Gasteiger partial charge in [0.2, 0.25) is 0 Å². The molecule has 0 aliphatic heterocycles. The Morgan fingerprint density at radius 3 is 2.60 bits per heavy atom. The summed E-state index contributed by atoms with van der Waals surface area (Å²) in [6.45, 7) is 3.83. The fourth-order valence-electron chi connectivity index (χ4n) is 2.39. The average molecular weight is 270 g/mol. The molecule has 0 atom stereocenters. The van der Waals surface area contributed by atoms with Crippen LogP contribution in [0.4, 0.5) is 5.69 Å². The van der Waals surface area contributed by atoms with Crippen molar-refractivity contribution in [2.24, 2.45) is 0 Å². The van der Waals surface area contributed by atoms with Crippen LogP contribution in [-0.2, 0) is 13.1 Å². The van der Waals surface area contributed by atoms with Gasteiger partial charge in [0.05, 0.1) is 7.11 Å². The molecule has 2 rings (SSSR count). The molecule has 0 unspecified atom stereocenters. The predicted octanol–water partition coefficient (Wildman–Crippen LogP) is 3.22. The highest BCUT2D eigenvalue weighted by Gasteiger charge is 2.07. The van der Waals surface area contributed by atoms with E-state index in [4.69, 9.17) is 10.5 Å². The molecule has 3 nitrogen and oxygen atoms in total. The molecule has 0 aromatic heterocycles. The van der Waals surface area contributed by atoms with Crippen molar-refractivity contribution >= 4 is 5.69 Å². The summed E-state index contributed by atoms with van der Waals surface area (Å²) in [5.41, 5.74) is 10.3. The lowest BCUT2D eigenvalue weighted by Gasteiger charge is -2.19. The van der Waals surface area contributed by atoms with Crippen LogP contribution in [0.5, 0.6) is 5.75 Å². The summed E-state index contributed by atoms with van der Waals surface area (Å²) in [5.74, 6) is 0.885. The molecule has 0 aliphatic carbocycles. The maximum atomic E-state index is 5.86. The van der Waals surface area contributed by atoms with Gasteiger partial charge in [-0.2, -0.15) is 0 Å². The van der Waals surface area contributed by atoms with Crippen molar-refractivity contribution in [3.63, 3.8) is 0 Å². The van der Waals surface area contributed by atoms with E-state index in [1.54, 1.807) is 7.11 Å². The molecule has 0 radical (unpaired) electrons. The number of aryl methyl sites for hydroxylation is 1. The Labute approximate surface area is 121 Å². The number of methoxy groups -OCH3 is 1. The van der Waals surface area contributed by atoms with E-state index in [1.165, 1.54) is 11.1 Å². The first-order valence-electron chi connectivity index (χ1n) is 6.75. The van der Waals surface area contributed by atoms with Gasteiger partial charge in [-0.15, -0.1) is 0 Å². The molecule has 0 amide bonds. The average Bonchev–Trinajstić information content (AvgIpc) is 2.38. The molecule has 0 bridgehead atoms. The van der Waals surface area contributed by atoms with Crippen LogP contribution >= 0.6 is 0 Å². The maximum absolute atomic E-state index is 5.86. The number of hydrogen-bond donors (Lipinski definition) is 1. The summed E-state index contributed by atoms with van der Waals surface area (Å²) < 4.78 is 5.39. The summed E-state index contributed by atoms with van der Waals surface area (Å²) >= 11 is 0. The lowest BCUT2D eigenvalue weighted by atomic mass is 10.1. The van der Waals surface area contributed by atoms with Gasteiger partial charge in [-0.1, -0.05) is 29.8 Å². The lowest BCUT2D eigenvalue weighted by Crippen LogP contribution is -2.17. The van der Waals surface area contributed by atoms with Crippen molar-refractivity contribution in [2.45, 2.75) is 20.0 Å². The molecule has 0 spiro atoms. The molecule has 2 aromatic rings. The molecular formula is C17H22N2O. The minimum Gasteiger partial charge on any atom is -0.496 e. The van der Waals surface area contributed by atoms with Crippen LogP contribution in [0.3, 0.4) is 0 Å². The zero-order valence-corrected chi connectivity index (χ0v) is 12.4. The molecule has 106 valence electrons. The number of benzene rings is 2. The highest BCUT2D eigenvalue weighted by Crippen LogP contribution is 2.22. The lowest BCUT2D eigenvalue weighted by molar-refractivity contribution is 0.310. The van der Waals surface area contributed by atoms with E-state index < -0.39 is 0 Å². The monoisotopic (exact) mass is 270 g/mol. The van der Waals surface area contributed by atoms with Crippen LogP contribution < -0.4 is 10.5 Å². The zero-order chi connectivity index (χ0) is 14.5. The molecule has 0 saturated carbocycles. The number of nitrogens with zero attached hydrogens (tertiary/aromatic N) is 1. The van der Waals surface area contributed by atoms with Gasteiger partial charge in [0.15, 0.2) is 0 Å². The second-order valence-electron chi connectivity index (χ2n) is 5.23. The molecular weight excluding hydrogens is 248 g/mol. The van der Waals surface area contributed by atoms with Crippen molar-refractivity contribution in [3.05, 3.63) is 59.2 Å². The first-order chi connectivity index (χ1) is 9.58. The van der Waals surface area contributed by atoms with Crippen LogP contribution in [0, 0.1) is 6.92 Å². The summed E-state index contributed by atoms with van der Waals surface area (Å²) in [4.78, 5) is 2.26. The van der Waals surface area contributed by atoms with E-state index in [9.17, 15) is 0 Å². The third kappa shape index (κ3) is 3.75. The van der Waals surface area contributed by atoms with Gasteiger partial charge >= 0.3 is 0 Å². The predicted molar refractivity (Wildman–Crippen MR) is 83.8 cm³/mol. The number of nitrogens with two attached hydrogens (primary N) is 1. The molecule has 0 fully saturated rings. The van der Waals surface area contributed by atoms with Gasteiger partial charge < -0.3 is 10.5 Å². The van der Waals surface area contributed by atoms with E-state index in [1.807, 2.05) is 18.2 Å². The van der Waals surface area contributed by atoms with Crippen molar-refractivity contribution < 1.29 is 4.74 Å². The van der Waals surface area contributed by atoms with Crippen molar-refractivity contribution in [1.82, 2.24) is 4.90 Å². The molecule has 20 heavy (non-hydrogen) atoms. The molecule has 0 aliphatic rings. The normalized spacial score (nSPS) is 10.8. The number of hydrogen-bond acceptors (Lipinski definition) is 3. The number of ether oxygens (including phenoxy) is 1. The smallest absolute Gasteiger partial charge is 0.123 e. The second-order valence-corrected chi connectivity index (χ2v) is 5.23. The summed E-state index contributed by atoms with van der Waals surface area (Å²) in [6.07, 6.45) is 0. The first kappa shape index (κ1) is 14.4. The summed E-state index contributed by atoms with van der Waals surface area (Å²) in [7, 11) is 3.79. The van der Waals surface area contributed by atoms with Gasteiger partial charge in [0.25, 0.3) is 0 Å². The third-order valence-electron chi connectivity index (χ3n) is 3.28. The summed E-state index contributed by atoms with van der Waals surface area (Å²) in [6, 6.07) is 14.3. The molecule has 0 saturated heterocycles. The van der Waals surface area contributed by atoms with E-state index in [2.05, 4.69) is 43.1 Å². The molecule has 2 aromatic carbocycles. The van der Waals surface area contributed by atoms with Crippen LogP contribution in [0.1, 0.15) is 16.7 Å². The minimum absolute atomic E-state index is 0.768. The van der Waals surface area contributed by atoms with Crippen molar-refractivity contribution in [1.29, 1.82) is 0 Å². The third-order valence-corrected chi connectivity index (χ3v) is 3.28. The van der Waals surface area contributed by atoms with Crippen LogP contribution in [-0.4, -0.2) is 19.1 Å². The van der Waals surface area contributed by atoms with E-state index in [-0.39, 0.29) is 0 Å². The van der Waals surface area contributed by atoms with E-state index in [0.717, 1.165) is 30.1 Å². The van der Waals surface area contributed by atoms with Gasteiger partial charge in [-0.05, 0) is 37.7 Å². The second kappa shape index (κ2) is 6.44. The molecule has 0 heterocycles. The van der Waals surface area contributed by atoms with Crippen molar-refractivity contribution in [2.75, 3.05) is 19.9 Å². The minimum atomic E-state index is 0.768. The Hall–Kier alpha value is -2.00. The highest BCUT2D eigenvalue weighted by molar-refractivity contribution is 5.47. The molecule has 3 heteroatoms. The van der Waals surface area contributed by atoms with Gasteiger partial charge in [0.1, 0.15) is 5.75 Å². The molecule has 2 N–H and O–H groups in total. The van der Waals surface area contributed by atoms with Crippen LogP contribution in [0.2, 0.25) is 0 Å². The fraction of sp³-hybridized carbons (Fsp3) is 0.294. The first-order valence-corrected chi connectivity index (χ1v) is 6.75. The Morgan fingerprint density at radius 1 is 1.10 bits per heavy atom. The quantitative estimate of drug-likeness (QED) is 0.848. The standard InChI is InChI=1S/C17H22N2O/c1-13-5-4-6-14(9-13)11-19(2)12-15-10-16(18)7-8-17(15)20-3/h4-10H,11-12,18H2,1-3H3. The highest BCUT2D eigenvalue weighted by atomic mass is 16.5. The number of rotatable bonds is 5. The maximum Gasteiger partial charge on any atom is 0.123 e. The topological polar surface area (TPSA) is 38.5 Å². The number of anilines is 1. The Kier molecular flexibility index (Phi) is 4.64. The van der Waals surface area contributed by atoms with Gasteiger partial charge in [0, 0.05) is 24.3 Å². The van der Waals surface area contributed by atoms with Crippen LogP contribution in [0.15, 0.2) is 42.5 Å². The largest absolute Gasteiger partial charge is 0.496 e. The van der Waals surface area contributed by atoms with Gasteiger partial charge in [-0.3, -0.25) is 4.90 Å².